The number of halogens is 1. The van der Waals surface area contributed by atoms with E-state index in [1.807, 2.05) is 48.7 Å². The summed E-state index contributed by atoms with van der Waals surface area (Å²) in [5, 5.41) is 5.32. The predicted molar refractivity (Wildman–Crippen MR) is 101 cm³/mol. The van der Waals surface area contributed by atoms with Gasteiger partial charge in [-0.2, -0.15) is 0 Å². The molecule has 3 rings (SSSR count). The summed E-state index contributed by atoms with van der Waals surface area (Å²) >= 11 is 4.81. The van der Waals surface area contributed by atoms with E-state index < -0.39 is 0 Å². The molecule has 0 atom stereocenters. The largest absolute Gasteiger partial charge is 0.493 e. The first kappa shape index (κ1) is 16.7. The molecule has 24 heavy (non-hydrogen) atoms. The van der Waals surface area contributed by atoms with E-state index in [1.165, 1.54) is 11.3 Å². The predicted octanol–water partition coefficient (Wildman–Crippen LogP) is 5.22. The fourth-order valence-corrected chi connectivity index (χ4v) is 3.16. The molecule has 0 fully saturated rings. The second-order valence-corrected chi connectivity index (χ2v) is 6.70. The molecule has 2 aromatic carbocycles. The Morgan fingerprint density at radius 3 is 2.71 bits per heavy atom. The third-order valence-corrected chi connectivity index (χ3v) is 4.58. The lowest BCUT2D eigenvalue weighted by Gasteiger charge is -2.08. The molecule has 1 amide bonds. The van der Waals surface area contributed by atoms with E-state index in [4.69, 9.17) is 4.74 Å². The van der Waals surface area contributed by atoms with Gasteiger partial charge in [-0.3, -0.25) is 10.1 Å². The minimum absolute atomic E-state index is 0.226. The number of ether oxygens (including phenoxy) is 1. The molecule has 0 saturated heterocycles. The summed E-state index contributed by atoms with van der Waals surface area (Å²) in [5.41, 5.74) is 2.34. The summed E-state index contributed by atoms with van der Waals surface area (Å²) in [6, 6.07) is 15.1. The zero-order valence-electron chi connectivity index (χ0n) is 13.0. The van der Waals surface area contributed by atoms with Crippen LogP contribution in [-0.2, 0) is 0 Å². The maximum Gasteiger partial charge on any atom is 0.261 e. The number of nitrogens with one attached hydrogen (secondary N) is 1. The van der Waals surface area contributed by atoms with Crippen molar-refractivity contribution in [2.24, 2.45) is 0 Å². The maximum absolute atomic E-state index is 12.5. The van der Waals surface area contributed by atoms with Crippen molar-refractivity contribution < 1.29 is 9.53 Å². The number of benzene rings is 2. The van der Waals surface area contributed by atoms with Crippen molar-refractivity contribution in [3.05, 3.63) is 63.9 Å². The number of anilines is 1. The van der Waals surface area contributed by atoms with Gasteiger partial charge >= 0.3 is 0 Å². The van der Waals surface area contributed by atoms with Crippen LogP contribution in [0.15, 0.2) is 58.4 Å². The Morgan fingerprint density at radius 2 is 1.96 bits per heavy atom. The molecule has 0 bridgehead atoms. The van der Waals surface area contributed by atoms with Gasteiger partial charge in [0.2, 0.25) is 0 Å². The van der Waals surface area contributed by atoms with Gasteiger partial charge in [0.1, 0.15) is 5.75 Å². The van der Waals surface area contributed by atoms with Crippen molar-refractivity contribution in [2.45, 2.75) is 6.92 Å². The maximum atomic E-state index is 12.5. The number of para-hydroxylation sites is 1. The van der Waals surface area contributed by atoms with Gasteiger partial charge in [0, 0.05) is 15.4 Å². The van der Waals surface area contributed by atoms with Gasteiger partial charge in [-0.05, 0) is 31.2 Å². The number of amides is 1. The van der Waals surface area contributed by atoms with Crippen molar-refractivity contribution in [3.8, 4) is 17.0 Å². The summed E-state index contributed by atoms with van der Waals surface area (Å²) in [7, 11) is 0. The fraction of sp³-hybridized carbons (Fsp3) is 0.111. The quantitative estimate of drug-likeness (QED) is 0.635. The van der Waals surface area contributed by atoms with E-state index in [9.17, 15) is 4.79 Å². The van der Waals surface area contributed by atoms with Crippen LogP contribution in [0.1, 0.15) is 17.3 Å². The number of hydrogen-bond acceptors (Lipinski definition) is 4. The van der Waals surface area contributed by atoms with Gasteiger partial charge in [-0.15, -0.1) is 11.3 Å². The molecule has 122 valence electrons. The Labute approximate surface area is 152 Å². The monoisotopic (exact) mass is 402 g/mol. The number of carbonyl (C=O) groups is 1. The number of aromatic nitrogens is 1. The first-order valence-corrected chi connectivity index (χ1v) is 9.09. The summed E-state index contributed by atoms with van der Waals surface area (Å²) in [4.78, 5) is 17.0. The van der Waals surface area contributed by atoms with Gasteiger partial charge in [0.05, 0.1) is 17.9 Å². The summed E-state index contributed by atoms with van der Waals surface area (Å²) in [6.45, 7) is 2.40. The Morgan fingerprint density at radius 1 is 1.21 bits per heavy atom. The van der Waals surface area contributed by atoms with E-state index in [2.05, 4.69) is 26.2 Å². The van der Waals surface area contributed by atoms with E-state index in [1.54, 1.807) is 12.1 Å². The summed E-state index contributed by atoms with van der Waals surface area (Å²) < 4.78 is 6.52. The van der Waals surface area contributed by atoms with Crippen molar-refractivity contribution in [1.82, 2.24) is 4.98 Å². The molecule has 0 spiro atoms. The molecule has 3 aromatic rings. The number of carbonyl (C=O) groups excluding carboxylic acids is 1. The Hall–Kier alpha value is -2.18. The minimum Gasteiger partial charge on any atom is -0.493 e. The van der Waals surface area contributed by atoms with Gasteiger partial charge in [0.25, 0.3) is 5.91 Å². The standard InChI is InChI=1S/C18H15BrN2O2S/c1-2-23-16-6-4-3-5-14(16)17(22)21-18-20-15(11-24-18)12-7-9-13(19)10-8-12/h3-11H,2H2,1H3,(H,20,21,22). The van der Waals surface area contributed by atoms with Crippen LogP contribution in [0.25, 0.3) is 11.3 Å². The molecular weight excluding hydrogens is 388 g/mol. The number of nitrogens with zero attached hydrogens (tertiary/aromatic N) is 1. The van der Waals surface area contributed by atoms with E-state index in [-0.39, 0.29) is 5.91 Å². The average molecular weight is 403 g/mol. The first-order valence-electron chi connectivity index (χ1n) is 7.42. The van der Waals surface area contributed by atoms with Crippen LogP contribution in [-0.4, -0.2) is 17.5 Å². The highest BCUT2D eigenvalue weighted by Crippen LogP contribution is 2.27. The zero-order valence-corrected chi connectivity index (χ0v) is 15.4. The Balaban J connectivity index is 1.77. The molecule has 6 heteroatoms. The minimum atomic E-state index is -0.226. The lowest BCUT2D eigenvalue weighted by molar-refractivity contribution is 0.102. The molecule has 1 N–H and O–H groups in total. The van der Waals surface area contributed by atoms with Crippen molar-refractivity contribution >= 4 is 38.3 Å². The van der Waals surface area contributed by atoms with E-state index in [0.717, 1.165) is 15.7 Å². The molecular formula is C18H15BrN2O2S. The molecule has 1 aromatic heterocycles. The fourth-order valence-electron chi connectivity index (χ4n) is 2.18. The highest BCUT2D eigenvalue weighted by molar-refractivity contribution is 9.10. The molecule has 0 unspecified atom stereocenters. The molecule has 0 aliphatic rings. The smallest absolute Gasteiger partial charge is 0.261 e. The second kappa shape index (κ2) is 7.59. The van der Waals surface area contributed by atoms with Gasteiger partial charge in [0.15, 0.2) is 5.13 Å². The van der Waals surface area contributed by atoms with Crippen LogP contribution in [0.5, 0.6) is 5.75 Å². The normalized spacial score (nSPS) is 10.4. The first-order chi connectivity index (χ1) is 11.7. The summed E-state index contributed by atoms with van der Waals surface area (Å²) in [5.74, 6) is 0.345. The number of rotatable bonds is 5. The van der Waals surface area contributed by atoms with Crippen LogP contribution in [0, 0.1) is 0 Å². The highest BCUT2D eigenvalue weighted by atomic mass is 79.9. The van der Waals surface area contributed by atoms with Crippen LogP contribution < -0.4 is 10.1 Å². The van der Waals surface area contributed by atoms with Crippen molar-refractivity contribution in [3.63, 3.8) is 0 Å². The van der Waals surface area contributed by atoms with Gasteiger partial charge in [-0.25, -0.2) is 4.98 Å². The molecule has 0 saturated carbocycles. The topological polar surface area (TPSA) is 51.2 Å². The summed E-state index contributed by atoms with van der Waals surface area (Å²) in [6.07, 6.45) is 0. The molecule has 0 aliphatic carbocycles. The lowest BCUT2D eigenvalue weighted by Crippen LogP contribution is -2.13. The molecule has 0 radical (unpaired) electrons. The molecule has 4 nitrogen and oxygen atoms in total. The van der Waals surface area contributed by atoms with Crippen LogP contribution in [0.4, 0.5) is 5.13 Å². The van der Waals surface area contributed by atoms with Gasteiger partial charge in [-0.1, -0.05) is 40.2 Å². The van der Waals surface area contributed by atoms with E-state index in [0.29, 0.717) is 23.1 Å². The number of hydrogen-bond donors (Lipinski definition) is 1. The van der Waals surface area contributed by atoms with Crippen LogP contribution in [0.3, 0.4) is 0 Å². The van der Waals surface area contributed by atoms with Gasteiger partial charge < -0.3 is 4.74 Å². The van der Waals surface area contributed by atoms with E-state index >= 15 is 0 Å². The van der Waals surface area contributed by atoms with Crippen LogP contribution >= 0.6 is 27.3 Å². The average Bonchev–Trinajstić information content (AvgIpc) is 3.05. The zero-order chi connectivity index (χ0) is 16.9. The number of thiazole rings is 1. The highest BCUT2D eigenvalue weighted by Gasteiger charge is 2.14. The second-order valence-electron chi connectivity index (χ2n) is 4.93. The Kier molecular flexibility index (Phi) is 5.27. The Bertz CT molecular complexity index is 846. The third kappa shape index (κ3) is 3.83. The SMILES string of the molecule is CCOc1ccccc1C(=O)Nc1nc(-c2ccc(Br)cc2)cs1. The molecule has 1 heterocycles. The van der Waals surface area contributed by atoms with Crippen molar-refractivity contribution in [1.29, 1.82) is 0 Å². The molecule has 0 aliphatic heterocycles. The lowest BCUT2D eigenvalue weighted by atomic mass is 10.2. The van der Waals surface area contributed by atoms with Crippen molar-refractivity contribution in [2.75, 3.05) is 11.9 Å². The third-order valence-electron chi connectivity index (χ3n) is 3.30. The van der Waals surface area contributed by atoms with Crippen LogP contribution in [0.2, 0.25) is 0 Å².